The van der Waals surface area contributed by atoms with Crippen LogP contribution in [0.3, 0.4) is 0 Å². The summed E-state index contributed by atoms with van der Waals surface area (Å²) >= 11 is 0. The summed E-state index contributed by atoms with van der Waals surface area (Å²) in [6, 6.07) is 8.96. The largest absolute Gasteiger partial charge is 0.299 e. The first-order chi connectivity index (χ1) is 7.34. The van der Waals surface area contributed by atoms with E-state index in [1.165, 1.54) is 0 Å². The lowest BCUT2D eigenvalue weighted by Gasteiger charge is -2.21. The summed E-state index contributed by atoms with van der Waals surface area (Å²) in [7, 11) is 1.68. The maximum atomic E-state index is 12.0. The molecule has 0 saturated carbocycles. The molecule has 0 aromatic heterocycles. The Morgan fingerprint density at radius 1 is 1.12 bits per heavy atom. The molecule has 1 rings (SSSR count). The van der Waals surface area contributed by atoms with Crippen molar-refractivity contribution in [3.8, 4) is 0 Å². The second-order valence-corrected chi connectivity index (χ2v) is 5.07. The standard InChI is InChI=1S/C13H17BO2/c1-13(2,3)12(16)10(14)11(15)9-7-5-4-6-8-9/h4-8,10H,14H2,1-3H3. The van der Waals surface area contributed by atoms with Crippen molar-refractivity contribution < 1.29 is 9.59 Å². The number of benzene rings is 1. The second kappa shape index (κ2) is 4.64. The van der Waals surface area contributed by atoms with E-state index in [0.29, 0.717) is 5.56 Å². The molecule has 0 radical (unpaired) electrons. The number of carbonyl (C=O) groups excluding carboxylic acids is 2. The van der Waals surface area contributed by atoms with E-state index in [9.17, 15) is 9.59 Å². The molecule has 0 aliphatic heterocycles. The SMILES string of the molecule is BC(C(=O)c1ccccc1)C(=O)C(C)(C)C. The van der Waals surface area contributed by atoms with Gasteiger partial charge in [-0.25, -0.2) is 0 Å². The van der Waals surface area contributed by atoms with E-state index in [0.717, 1.165) is 0 Å². The summed E-state index contributed by atoms with van der Waals surface area (Å²) in [6.45, 7) is 5.51. The van der Waals surface area contributed by atoms with E-state index in [1.807, 2.05) is 39.0 Å². The quantitative estimate of drug-likeness (QED) is 0.439. The third kappa shape index (κ3) is 2.81. The van der Waals surface area contributed by atoms with Gasteiger partial charge in [0, 0.05) is 16.8 Å². The summed E-state index contributed by atoms with van der Waals surface area (Å²) < 4.78 is 0. The molecule has 16 heavy (non-hydrogen) atoms. The topological polar surface area (TPSA) is 34.1 Å². The summed E-state index contributed by atoms with van der Waals surface area (Å²) in [5, 5.41) is 0. The van der Waals surface area contributed by atoms with Crippen LogP contribution in [0, 0.1) is 5.41 Å². The predicted octanol–water partition coefficient (Wildman–Crippen LogP) is 1.91. The lowest BCUT2D eigenvalue weighted by Crippen LogP contribution is -2.29. The Balaban J connectivity index is 2.88. The van der Waals surface area contributed by atoms with Crippen LogP contribution in [0.25, 0.3) is 0 Å². The molecular weight excluding hydrogens is 199 g/mol. The van der Waals surface area contributed by atoms with Crippen molar-refractivity contribution in [2.75, 3.05) is 0 Å². The van der Waals surface area contributed by atoms with Gasteiger partial charge in [-0.05, 0) is 0 Å². The summed E-state index contributed by atoms with van der Waals surface area (Å²) in [5.41, 5.74) is 0.136. The molecule has 0 spiro atoms. The van der Waals surface area contributed by atoms with Crippen LogP contribution in [-0.2, 0) is 4.79 Å². The molecule has 0 N–H and O–H groups in total. The van der Waals surface area contributed by atoms with Gasteiger partial charge in [0.25, 0.3) is 0 Å². The fraction of sp³-hybridized carbons (Fsp3) is 0.385. The van der Waals surface area contributed by atoms with Crippen molar-refractivity contribution in [2.24, 2.45) is 5.41 Å². The van der Waals surface area contributed by atoms with Gasteiger partial charge in [0.05, 0.1) is 0 Å². The van der Waals surface area contributed by atoms with Gasteiger partial charge in [0.2, 0.25) is 0 Å². The fourth-order valence-corrected chi connectivity index (χ4v) is 1.62. The molecule has 1 atom stereocenters. The van der Waals surface area contributed by atoms with Crippen LogP contribution in [0.2, 0.25) is 5.82 Å². The molecule has 2 nitrogen and oxygen atoms in total. The van der Waals surface area contributed by atoms with Crippen molar-refractivity contribution >= 4 is 19.4 Å². The second-order valence-electron chi connectivity index (χ2n) is 5.07. The van der Waals surface area contributed by atoms with Crippen LogP contribution >= 0.6 is 0 Å². The zero-order valence-corrected chi connectivity index (χ0v) is 10.3. The zero-order valence-electron chi connectivity index (χ0n) is 10.3. The highest BCUT2D eigenvalue weighted by Crippen LogP contribution is 2.24. The molecule has 0 heterocycles. The first kappa shape index (κ1) is 12.7. The molecule has 0 fully saturated rings. The van der Waals surface area contributed by atoms with E-state index in [2.05, 4.69) is 0 Å². The van der Waals surface area contributed by atoms with E-state index < -0.39 is 11.2 Å². The number of hydrogen-bond acceptors (Lipinski definition) is 2. The first-order valence-corrected chi connectivity index (χ1v) is 5.47. The van der Waals surface area contributed by atoms with Crippen molar-refractivity contribution in [3.05, 3.63) is 35.9 Å². The lowest BCUT2D eigenvalue weighted by molar-refractivity contribution is -0.125. The molecule has 0 aliphatic carbocycles. The Labute approximate surface area is 97.5 Å². The van der Waals surface area contributed by atoms with E-state index in [4.69, 9.17) is 0 Å². The minimum Gasteiger partial charge on any atom is -0.299 e. The molecule has 1 unspecified atom stereocenters. The maximum Gasteiger partial charge on any atom is 0.165 e. The first-order valence-electron chi connectivity index (χ1n) is 5.47. The van der Waals surface area contributed by atoms with Crippen molar-refractivity contribution in [2.45, 2.75) is 26.6 Å². The van der Waals surface area contributed by atoms with Gasteiger partial charge in [0.15, 0.2) is 5.78 Å². The van der Waals surface area contributed by atoms with Crippen LogP contribution in [-0.4, -0.2) is 19.4 Å². The highest BCUT2D eigenvalue weighted by Gasteiger charge is 2.31. The van der Waals surface area contributed by atoms with Gasteiger partial charge in [-0.2, -0.15) is 0 Å². The Kier molecular flexibility index (Phi) is 3.68. The number of ketones is 2. The molecule has 0 bridgehead atoms. The van der Waals surface area contributed by atoms with Crippen LogP contribution < -0.4 is 0 Å². The van der Waals surface area contributed by atoms with Crippen molar-refractivity contribution in [1.82, 2.24) is 0 Å². The summed E-state index contributed by atoms with van der Waals surface area (Å²) in [6.07, 6.45) is 0. The molecule has 1 aromatic carbocycles. The van der Waals surface area contributed by atoms with Gasteiger partial charge in [-0.1, -0.05) is 51.1 Å². The Morgan fingerprint density at radius 3 is 2.06 bits per heavy atom. The van der Waals surface area contributed by atoms with Crippen LogP contribution in [0.1, 0.15) is 31.1 Å². The Morgan fingerprint density at radius 2 is 1.62 bits per heavy atom. The molecule has 0 aliphatic rings. The van der Waals surface area contributed by atoms with E-state index >= 15 is 0 Å². The monoisotopic (exact) mass is 216 g/mol. The number of rotatable bonds is 3. The van der Waals surface area contributed by atoms with Gasteiger partial charge in [-0.15, -0.1) is 0 Å². The van der Waals surface area contributed by atoms with Crippen molar-refractivity contribution in [1.29, 1.82) is 0 Å². The smallest absolute Gasteiger partial charge is 0.165 e. The van der Waals surface area contributed by atoms with Crippen LogP contribution in [0.5, 0.6) is 0 Å². The summed E-state index contributed by atoms with van der Waals surface area (Å²) in [4.78, 5) is 24.0. The number of carbonyl (C=O) groups is 2. The van der Waals surface area contributed by atoms with E-state index in [1.54, 1.807) is 20.0 Å². The van der Waals surface area contributed by atoms with Gasteiger partial charge >= 0.3 is 0 Å². The molecule has 0 amide bonds. The molecule has 3 heteroatoms. The summed E-state index contributed by atoms with van der Waals surface area (Å²) in [5.74, 6) is -0.677. The Bertz CT molecular complexity index is 390. The van der Waals surface area contributed by atoms with Crippen LogP contribution in [0.4, 0.5) is 0 Å². The lowest BCUT2D eigenvalue weighted by atomic mass is 9.70. The highest BCUT2D eigenvalue weighted by molar-refractivity contribution is 6.40. The third-order valence-corrected chi connectivity index (χ3v) is 2.58. The van der Waals surface area contributed by atoms with E-state index in [-0.39, 0.29) is 11.6 Å². The zero-order chi connectivity index (χ0) is 12.3. The fourth-order valence-electron chi connectivity index (χ4n) is 1.62. The normalized spacial score (nSPS) is 13.2. The predicted molar refractivity (Wildman–Crippen MR) is 67.5 cm³/mol. The molecular formula is C13H17BO2. The number of hydrogen-bond donors (Lipinski definition) is 0. The van der Waals surface area contributed by atoms with Gasteiger partial charge in [0.1, 0.15) is 13.6 Å². The number of Topliss-reactive ketones (excluding diaryl/α,β-unsaturated/α-hetero) is 2. The Hall–Kier alpha value is -1.38. The molecule has 0 saturated heterocycles. The molecule has 84 valence electrons. The van der Waals surface area contributed by atoms with Gasteiger partial charge in [-0.3, -0.25) is 9.59 Å². The minimum atomic E-state index is -0.567. The molecule has 1 aromatic rings. The highest BCUT2D eigenvalue weighted by atomic mass is 16.2. The van der Waals surface area contributed by atoms with Crippen LogP contribution in [0.15, 0.2) is 30.3 Å². The third-order valence-electron chi connectivity index (χ3n) is 2.58. The average molecular weight is 216 g/mol. The minimum absolute atomic E-state index is 0.0126. The van der Waals surface area contributed by atoms with Crippen molar-refractivity contribution in [3.63, 3.8) is 0 Å². The average Bonchev–Trinajstić information content (AvgIpc) is 2.26. The maximum absolute atomic E-state index is 12.0. The van der Waals surface area contributed by atoms with Gasteiger partial charge < -0.3 is 0 Å².